The summed E-state index contributed by atoms with van der Waals surface area (Å²) in [6, 6.07) is 9.87. The van der Waals surface area contributed by atoms with E-state index in [0.29, 0.717) is 0 Å². The van der Waals surface area contributed by atoms with Gasteiger partial charge in [-0.15, -0.1) is 0 Å². The minimum absolute atomic E-state index is 0.0423. The first kappa shape index (κ1) is 17.4. The van der Waals surface area contributed by atoms with Crippen LogP contribution in [0.5, 0.6) is 0 Å². The average molecular weight is 349 g/mol. The fraction of sp³-hybridized carbons (Fsp3) is 0.133. The summed E-state index contributed by atoms with van der Waals surface area (Å²) in [5, 5.41) is 20.2. The standard InChI is InChI=1S/C15H12FN3O4S/c1-2-18(12-6-3-5-11(16)9-12)24(22,23)15-8-4-7-14(19(20)21)13(15)10-17/h3-9H,2H2,1H3. The predicted octanol–water partition coefficient (Wildman–Crippen LogP) is 2.82. The van der Waals surface area contributed by atoms with Gasteiger partial charge in [0.25, 0.3) is 15.7 Å². The molecule has 2 aromatic rings. The van der Waals surface area contributed by atoms with Crippen LogP contribution in [0.3, 0.4) is 0 Å². The van der Waals surface area contributed by atoms with Gasteiger partial charge in [-0.05, 0) is 31.2 Å². The highest BCUT2D eigenvalue weighted by Crippen LogP contribution is 2.30. The van der Waals surface area contributed by atoms with Crippen LogP contribution in [0, 0.1) is 27.3 Å². The highest BCUT2D eigenvalue weighted by atomic mass is 32.2. The molecule has 0 N–H and O–H groups in total. The Morgan fingerprint density at radius 3 is 2.50 bits per heavy atom. The average Bonchev–Trinajstić information content (AvgIpc) is 2.54. The van der Waals surface area contributed by atoms with Crippen molar-refractivity contribution in [1.82, 2.24) is 0 Å². The van der Waals surface area contributed by atoms with Gasteiger partial charge in [0.05, 0.1) is 10.6 Å². The number of benzene rings is 2. The topological polar surface area (TPSA) is 104 Å². The Kier molecular flexibility index (Phi) is 4.80. The molecule has 0 fully saturated rings. The Labute approximate surface area is 137 Å². The monoisotopic (exact) mass is 349 g/mol. The second-order valence-electron chi connectivity index (χ2n) is 4.67. The second-order valence-corrected chi connectivity index (χ2v) is 6.50. The maximum Gasteiger partial charge on any atom is 0.288 e. The van der Waals surface area contributed by atoms with Gasteiger partial charge in [-0.25, -0.2) is 12.8 Å². The lowest BCUT2D eigenvalue weighted by molar-refractivity contribution is -0.385. The van der Waals surface area contributed by atoms with Gasteiger partial charge >= 0.3 is 0 Å². The van der Waals surface area contributed by atoms with Crippen molar-refractivity contribution < 1.29 is 17.7 Å². The molecule has 0 radical (unpaired) electrons. The van der Waals surface area contributed by atoms with Crippen molar-refractivity contribution in [2.24, 2.45) is 0 Å². The van der Waals surface area contributed by atoms with Gasteiger partial charge < -0.3 is 0 Å². The van der Waals surface area contributed by atoms with Gasteiger partial charge in [-0.1, -0.05) is 12.1 Å². The Morgan fingerprint density at radius 1 is 1.29 bits per heavy atom. The Balaban J connectivity index is 2.68. The third-order valence-electron chi connectivity index (χ3n) is 3.26. The quantitative estimate of drug-likeness (QED) is 0.610. The van der Waals surface area contributed by atoms with Gasteiger partial charge in [-0.2, -0.15) is 5.26 Å². The maximum absolute atomic E-state index is 13.4. The van der Waals surface area contributed by atoms with E-state index in [9.17, 15) is 28.2 Å². The number of rotatable bonds is 5. The molecule has 7 nitrogen and oxygen atoms in total. The lowest BCUT2D eigenvalue weighted by atomic mass is 10.2. The van der Waals surface area contributed by atoms with Crippen LogP contribution in [0.1, 0.15) is 12.5 Å². The van der Waals surface area contributed by atoms with Crippen LogP contribution in [0.4, 0.5) is 15.8 Å². The van der Waals surface area contributed by atoms with E-state index >= 15 is 0 Å². The van der Waals surface area contributed by atoms with Crippen molar-refractivity contribution in [3.8, 4) is 6.07 Å². The van der Waals surface area contributed by atoms with E-state index in [-0.39, 0.29) is 12.2 Å². The number of nitro groups is 1. The lowest BCUT2D eigenvalue weighted by Gasteiger charge is -2.23. The first-order valence-electron chi connectivity index (χ1n) is 6.78. The van der Waals surface area contributed by atoms with Crippen LogP contribution in [0.25, 0.3) is 0 Å². The summed E-state index contributed by atoms with van der Waals surface area (Å²) in [6.45, 7) is 1.49. The summed E-state index contributed by atoms with van der Waals surface area (Å²) < 4.78 is 40.0. The van der Waals surface area contributed by atoms with E-state index in [1.807, 2.05) is 0 Å². The van der Waals surface area contributed by atoms with Gasteiger partial charge in [0.1, 0.15) is 16.8 Å². The number of nitrogens with zero attached hydrogens (tertiary/aromatic N) is 3. The molecule has 0 spiro atoms. The fourth-order valence-electron chi connectivity index (χ4n) is 2.24. The Morgan fingerprint density at radius 2 is 1.96 bits per heavy atom. The molecule has 0 amide bonds. The highest BCUT2D eigenvalue weighted by molar-refractivity contribution is 7.92. The van der Waals surface area contributed by atoms with Crippen LogP contribution in [-0.2, 0) is 10.0 Å². The maximum atomic E-state index is 13.4. The molecule has 2 rings (SSSR count). The number of nitro benzene ring substituents is 1. The Bertz CT molecular complexity index is 938. The molecular formula is C15H12FN3O4S. The molecule has 0 saturated carbocycles. The smallest absolute Gasteiger partial charge is 0.266 e. The number of halogens is 1. The normalized spacial score (nSPS) is 10.9. The zero-order valence-electron chi connectivity index (χ0n) is 12.5. The summed E-state index contributed by atoms with van der Waals surface area (Å²) in [5.74, 6) is -0.624. The van der Waals surface area contributed by atoms with Crippen molar-refractivity contribution >= 4 is 21.4 Å². The highest BCUT2D eigenvalue weighted by Gasteiger charge is 2.30. The molecule has 124 valence electrons. The largest absolute Gasteiger partial charge is 0.288 e. The molecule has 0 bridgehead atoms. The van der Waals surface area contributed by atoms with Gasteiger partial charge in [-0.3, -0.25) is 14.4 Å². The SMILES string of the molecule is CCN(c1cccc(F)c1)S(=O)(=O)c1cccc([N+](=O)[O-])c1C#N. The molecule has 0 aliphatic carbocycles. The molecule has 2 aromatic carbocycles. The molecule has 0 saturated heterocycles. The van der Waals surface area contributed by atoms with Crippen molar-refractivity contribution in [1.29, 1.82) is 5.26 Å². The molecule has 24 heavy (non-hydrogen) atoms. The van der Waals surface area contributed by atoms with Gasteiger partial charge in [0, 0.05) is 12.6 Å². The predicted molar refractivity (Wildman–Crippen MR) is 84.4 cm³/mol. The van der Waals surface area contributed by atoms with Gasteiger partial charge in [0.15, 0.2) is 5.56 Å². The summed E-state index contributed by atoms with van der Waals surface area (Å²) in [4.78, 5) is 9.69. The summed E-state index contributed by atoms with van der Waals surface area (Å²) in [6.07, 6.45) is 0. The van der Waals surface area contributed by atoms with Crippen LogP contribution in [-0.4, -0.2) is 19.9 Å². The number of hydrogen-bond donors (Lipinski definition) is 0. The van der Waals surface area contributed by atoms with E-state index in [2.05, 4.69) is 0 Å². The molecule has 0 heterocycles. The van der Waals surface area contributed by atoms with E-state index in [0.717, 1.165) is 28.6 Å². The molecule has 9 heteroatoms. The minimum Gasteiger partial charge on any atom is -0.266 e. The summed E-state index contributed by atoms with van der Waals surface area (Å²) in [5.41, 5.74) is -1.10. The zero-order chi connectivity index (χ0) is 17.9. The fourth-order valence-corrected chi connectivity index (χ4v) is 3.87. The van der Waals surface area contributed by atoms with Crippen LogP contribution < -0.4 is 4.31 Å². The zero-order valence-corrected chi connectivity index (χ0v) is 13.3. The number of hydrogen-bond acceptors (Lipinski definition) is 5. The lowest BCUT2D eigenvalue weighted by Crippen LogP contribution is -2.31. The Hall–Kier alpha value is -2.99. The van der Waals surface area contributed by atoms with Gasteiger partial charge in [0.2, 0.25) is 0 Å². The summed E-state index contributed by atoms with van der Waals surface area (Å²) >= 11 is 0. The van der Waals surface area contributed by atoms with Crippen molar-refractivity contribution in [2.75, 3.05) is 10.8 Å². The minimum atomic E-state index is -4.28. The first-order chi connectivity index (χ1) is 11.3. The van der Waals surface area contributed by atoms with Crippen LogP contribution >= 0.6 is 0 Å². The third-order valence-corrected chi connectivity index (χ3v) is 5.21. The first-order valence-corrected chi connectivity index (χ1v) is 8.22. The van der Waals surface area contributed by atoms with Crippen LogP contribution in [0.15, 0.2) is 47.4 Å². The van der Waals surface area contributed by atoms with Crippen LogP contribution in [0.2, 0.25) is 0 Å². The van der Waals surface area contributed by atoms with E-state index in [1.54, 1.807) is 6.07 Å². The molecule has 0 aromatic heterocycles. The van der Waals surface area contributed by atoms with E-state index in [1.165, 1.54) is 25.1 Å². The molecule has 0 aliphatic rings. The van der Waals surface area contributed by atoms with Crippen molar-refractivity contribution in [3.05, 3.63) is 64.0 Å². The van der Waals surface area contributed by atoms with E-state index < -0.39 is 36.9 Å². The number of sulfonamides is 1. The molecule has 0 unspecified atom stereocenters. The number of nitriles is 1. The van der Waals surface area contributed by atoms with E-state index in [4.69, 9.17) is 0 Å². The molecular weight excluding hydrogens is 337 g/mol. The summed E-state index contributed by atoms with van der Waals surface area (Å²) in [7, 11) is -4.28. The number of anilines is 1. The second kappa shape index (κ2) is 6.64. The third kappa shape index (κ3) is 3.04. The molecule has 0 aliphatic heterocycles. The van der Waals surface area contributed by atoms with Crippen molar-refractivity contribution in [3.63, 3.8) is 0 Å². The van der Waals surface area contributed by atoms with Crippen molar-refractivity contribution in [2.45, 2.75) is 11.8 Å². The molecule has 0 atom stereocenters.